The van der Waals surface area contributed by atoms with Crippen molar-refractivity contribution in [3.05, 3.63) is 28.3 Å². The number of nitrogen functional groups attached to an aromatic ring is 1. The first-order chi connectivity index (χ1) is 6.07. The molecule has 4 heteroatoms. The average Bonchev–Trinajstić information content (AvgIpc) is 2.12. The Hall–Kier alpha value is -0.730. The van der Waals surface area contributed by atoms with Crippen molar-refractivity contribution < 1.29 is 4.79 Å². The molecule has 1 rings (SSSR count). The molecule has 1 aromatic carbocycles. The molecule has 0 amide bonds. The normalized spacial score (nSPS) is 10.1. The highest BCUT2D eigenvalue weighted by atomic mass is 35.5. The quantitative estimate of drug-likeness (QED) is 0.471. The third-order valence-corrected chi connectivity index (χ3v) is 2.37. The Morgan fingerprint density at radius 1 is 1.54 bits per heavy atom. The molecule has 0 atom stereocenters. The number of alkyl halides is 1. The number of benzene rings is 1. The summed E-state index contributed by atoms with van der Waals surface area (Å²) in [7, 11) is 0. The molecular weight excluding hydrogens is 209 g/mol. The van der Waals surface area contributed by atoms with Crippen LogP contribution in [0.4, 0.5) is 5.69 Å². The molecule has 0 radical (unpaired) electrons. The number of rotatable bonds is 2. The van der Waals surface area contributed by atoms with Crippen LogP contribution in [0, 0.1) is 6.92 Å². The SMILES string of the molecule is Cc1ccc(Cl)c(N)c1C(=O)CCl. The lowest BCUT2D eigenvalue weighted by molar-refractivity contribution is 0.102. The van der Waals surface area contributed by atoms with Crippen LogP contribution < -0.4 is 5.73 Å². The third-order valence-electron chi connectivity index (χ3n) is 1.80. The van der Waals surface area contributed by atoms with Crippen LogP contribution >= 0.6 is 23.2 Å². The summed E-state index contributed by atoms with van der Waals surface area (Å²) in [5.41, 5.74) is 7.19. The lowest BCUT2D eigenvalue weighted by Gasteiger charge is -2.07. The summed E-state index contributed by atoms with van der Waals surface area (Å²) >= 11 is 11.2. The Morgan fingerprint density at radius 3 is 2.69 bits per heavy atom. The Morgan fingerprint density at radius 2 is 2.15 bits per heavy atom. The van der Waals surface area contributed by atoms with Crippen molar-refractivity contribution in [3.8, 4) is 0 Å². The van der Waals surface area contributed by atoms with E-state index in [2.05, 4.69) is 0 Å². The molecule has 0 aliphatic carbocycles. The zero-order chi connectivity index (χ0) is 10.0. The first-order valence-corrected chi connectivity index (χ1v) is 4.63. The average molecular weight is 218 g/mol. The van der Waals surface area contributed by atoms with E-state index >= 15 is 0 Å². The zero-order valence-electron chi connectivity index (χ0n) is 7.10. The van der Waals surface area contributed by atoms with Gasteiger partial charge in [-0.15, -0.1) is 11.6 Å². The smallest absolute Gasteiger partial charge is 0.179 e. The molecule has 0 fully saturated rings. The molecule has 0 aromatic heterocycles. The van der Waals surface area contributed by atoms with E-state index in [4.69, 9.17) is 28.9 Å². The van der Waals surface area contributed by atoms with Gasteiger partial charge in [-0.05, 0) is 18.6 Å². The predicted octanol–water partition coefficient (Wildman–Crippen LogP) is 2.65. The Labute approximate surface area is 86.6 Å². The lowest BCUT2D eigenvalue weighted by atomic mass is 10.0. The summed E-state index contributed by atoms with van der Waals surface area (Å²) in [6, 6.07) is 3.41. The second-order valence-corrected chi connectivity index (χ2v) is 3.38. The third kappa shape index (κ3) is 1.95. The maximum absolute atomic E-state index is 11.3. The van der Waals surface area contributed by atoms with Gasteiger partial charge in [0, 0.05) is 5.56 Å². The molecule has 0 saturated carbocycles. The van der Waals surface area contributed by atoms with Crippen LogP contribution in [-0.4, -0.2) is 11.7 Å². The maximum Gasteiger partial charge on any atom is 0.179 e. The molecule has 0 spiro atoms. The van der Waals surface area contributed by atoms with Crippen molar-refractivity contribution in [3.63, 3.8) is 0 Å². The second kappa shape index (κ2) is 3.99. The van der Waals surface area contributed by atoms with Gasteiger partial charge in [0.15, 0.2) is 5.78 Å². The first kappa shape index (κ1) is 10.4. The summed E-state index contributed by atoms with van der Waals surface area (Å²) in [4.78, 5) is 11.3. The van der Waals surface area contributed by atoms with Crippen molar-refractivity contribution in [1.29, 1.82) is 0 Å². The monoisotopic (exact) mass is 217 g/mol. The van der Waals surface area contributed by atoms with Crippen LogP contribution in [0.5, 0.6) is 0 Å². The number of halogens is 2. The van der Waals surface area contributed by atoms with Crippen LogP contribution in [0.15, 0.2) is 12.1 Å². The first-order valence-electron chi connectivity index (χ1n) is 3.71. The van der Waals surface area contributed by atoms with Crippen molar-refractivity contribution in [2.75, 3.05) is 11.6 Å². The van der Waals surface area contributed by atoms with E-state index in [-0.39, 0.29) is 11.7 Å². The van der Waals surface area contributed by atoms with Crippen LogP contribution in [0.3, 0.4) is 0 Å². The van der Waals surface area contributed by atoms with Gasteiger partial charge in [0.1, 0.15) is 0 Å². The van der Waals surface area contributed by atoms with E-state index in [1.54, 1.807) is 19.1 Å². The minimum absolute atomic E-state index is 0.0780. The number of carbonyl (C=O) groups excluding carboxylic acids is 1. The molecule has 0 bridgehead atoms. The summed E-state index contributed by atoms with van der Waals surface area (Å²) in [5.74, 6) is -0.273. The van der Waals surface area contributed by atoms with Gasteiger partial charge in [-0.25, -0.2) is 0 Å². The highest BCUT2D eigenvalue weighted by Gasteiger charge is 2.13. The minimum Gasteiger partial charge on any atom is -0.397 e. The summed E-state index contributed by atoms with van der Waals surface area (Å²) < 4.78 is 0. The number of nitrogens with two attached hydrogens (primary N) is 1. The topological polar surface area (TPSA) is 43.1 Å². The Bertz CT molecular complexity index is 350. The number of anilines is 1. The van der Waals surface area contributed by atoms with E-state index in [0.717, 1.165) is 5.56 Å². The van der Waals surface area contributed by atoms with Gasteiger partial charge in [-0.1, -0.05) is 17.7 Å². The molecule has 2 nitrogen and oxygen atoms in total. The van der Waals surface area contributed by atoms with Crippen molar-refractivity contribution in [2.24, 2.45) is 0 Å². The van der Waals surface area contributed by atoms with Crippen LogP contribution in [0.2, 0.25) is 5.02 Å². The summed E-state index contributed by atoms with van der Waals surface area (Å²) in [6.45, 7) is 1.80. The number of carbonyl (C=O) groups is 1. The van der Waals surface area contributed by atoms with Gasteiger partial charge in [-0.2, -0.15) is 0 Å². The van der Waals surface area contributed by atoms with Gasteiger partial charge in [0.05, 0.1) is 16.6 Å². The maximum atomic E-state index is 11.3. The molecule has 0 unspecified atom stereocenters. The molecule has 2 N–H and O–H groups in total. The summed E-state index contributed by atoms with van der Waals surface area (Å²) in [5, 5.41) is 0.388. The largest absolute Gasteiger partial charge is 0.397 e. The van der Waals surface area contributed by atoms with Gasteiger partial charge in [0.25, 0.3) is 0 Å². The molecule has 0 heterocycles. The van der Waals surface area contributed by atoms with Crippen LogP contribution in [-0.2, 0) is 0 Å². The van der Waals surface area contributed by atoms with E-state index in [9.17, 15) is 4.79 Å². The Kier molecular flexibility index (Phi) is 3.17. The predicted molar refractivity (Wildman–Crippen MR) is 55.7 cm³/mol. The standard InChI is InChI=1S/C9H9Cl2NO/c1-5-2-3-6(11)9(12)8(5)7(13)4-10/h2-3H,4,12H2,1H3. The number of aryl methyl sites for hydroxylation is 1. The van der Waals surface area contributed by atoms with Gasteiger partial charge >= 0.3 is 0 Å². The molecule has 13 heavy (non-hydrogen) atoms. The fraction of sp³-hybridized carbons (Fsp3) is 0.222. The second-order valence-electron chi connectivity index (χ2n) is 2.71. The van der Waals surface area contributed by atoms with Crippen LogP contribution in [0.25, 0.3) is 0 Å². The van der Waals surface area contributed by atoms with Crippen LogP contribution in [0.1, 0.15) is 15.9 Å². The number of hydrogen-bond donors (Lipinski definition) is 1. The lowest BCUT2D eigenvalue weighted by Crippen LogP contribution is -2.07. The Balaban J connectivity index is 3.33. The van der Waals surface area contributed by atoms with Gasteiger partial charge < -0.3 is 5.73 Å². The van der Waals surface area contributed by atoms with Crippen molar-refractivity contribution in [2.45, 2.75) is 6.92 Å². The molecule has 0 aliphatic rings. The fourth-order valence-electron chi connectivity index (χ4n) is 1.14. The molecule has 0 aliphatic heterocycles. The fourth-order valence-corrected chi connectivity index (χ4v) is 1.43. The highest BCUT2D eigenvalue weighted by Crippen LogP contribution is 2.26. The molecule has 1 aromatic rings. The van der Waals surface area contributed by atoms with Gasteiger partial charge in [-0.3, -0.25) is 4.79 Å². The van der Waals surface area contributed by atoms with Crippen molar-refractivity contribution >= 4 is 34.7 Å². The van der Waals surface area contributed by atoms with Crippen molar-refractivity contribution in [1.82, 2.24) is 0 Å². The number of Topliss-reactive ketones (excluding diaryl/α,β-unsaturated/α-hetero) is 1. The highest BCUT2D eigenvalue weighted by molar-refractivity contribution is 6.36. The van der Waals surface area contributed by atoms with E-state index < -0.39 is 0 Å². The summed E-state index contributed by atoms with van der Waals surface area (Å²) in [6.07, 6.45) is 0. The molecule has 0 saturated heterocycles. The van der Waals surface area contributed by atoms with E-state index in [0.29, 0.717) is 16.3 Å². The minimum atomic E-state index is -0.195. The van der Waals surface area contributed by atoms with Gasteiger partial charge in [0.2, 0.25) is 0 Å². The number of ketones is 1. The molecule has 70 valence electrons. The van der Waals surface area contributed by atoms with E-state index in [1.807, 2.05) is 0 Å². The van der Waals surface area contributed by atoms with E-state index in [1.165, 1.54) is 0 Å². The molecular formula is C9H9Cl2NO. The number of hydrogen-bond acceptors (Lipinski definition) is 2. The zero-order valence-corrected chi connectivity index (χ0v) is 8.62.